The van der Waals surface area contributed by atoms with Gasteiger partial charge in [0.25, 0.3) is 0 Å². The number of nitrogens with zero attached hydrogens (tertiary/aromatic N) is 2. The first-order valence-electron chi connectivity index (χ1n) is 6.05. The summed E-state index contributed by atoms with van der Waals surface area (Å²) >= 11 is 7.43. The third-order valence-electron chi connectivity index (χ3n) is 2.66. The van der Waals surface area contributed by atoms with Crippen LogP contribution in [0.2, 0.25) is 5.15 Å². The topological polar surface area (TPSA) is 51.0 Å². The van der Waals surface area contributed by atoms with Gasteiger partial charge in [0.2, 0.25) is 0 Å². The van der Waals surface area contributed by atoms with Crippen LogP contribution in [0.25, 0.3) is 0 Å². The SMILES string of the molecule is CSc1nc(Cl)cc(NC(C)CCc2ccco2)n1. The number of aryl methyl sites for hydroxylation is 1. The molecule has 0 fully saturated rings. The molecule has 19 heavy (non-hydrogen) atoms. The quantitative estimate of drug-likeness (QED) is 0.498. The Hall–Kier alpha value is -1.20. The largest absolute Gasteiger partial charge is 0.469 e. The lowest BCUT2D eigenvalue weighted by Crippen LogP contribution is -2.17. The van der Waals surface area contributed by atoms with Crippen molar-refractivity contribution in [2.45, 2.75) is 31.0 Å². The van der Waals surface area contributed by atoms with Crippen LogP contribution in [0.1, 0.15) is 19.1 Å². The molecular weight excluding hydrogens is 282 g/mol. The normalized spacial score (nSPS) is 12.4. The maximum Gasteiger partial charge on any atom is 0.190 e. The Labute approximate surface area is 122 Å². The van der Waals surface area contributed by atoms with E-state index in [1.165, 1.54) is 11.8 Å². The lowest BCUT2D eigenvalue weighted by atomic mass is 10.1. The molecule has 2 rings (SSSR count). The van der Waals surface area contributed by atoms with E-state index >= 15 is 0 Å². The molecular formula is C13H16ClN3OS. The zero-order chi connectivity index (χ0) is 13.7. The molecule has 0 saturated heterocycles. The summed E-state index contributed by atoms with van der Waals surface area (Å²) in [7, 11) is 0. The first kappa shape index (κ1) is 14.2. The Bertz CT molecular complexity index is 519. The molecule has 0 amide bonds. The van der Waals surface area contributed by atoms with E-state index in [0.717, 1.165) is 24.4 Å². The van der Waals surface area contributed by atoms with Gasteiger partial charge in [-0.3, -0.25) is 0 Å². The Morgan fingerprint density at radius 3 is 3.00 bits per heavy atom. The van der Waals surface area contributed by atoms with Crippen LogP contribution in [0.4, 0.5) is 5.82 Å². The Morgan fingerprint density at radius 2 is 2.32 bits per heavy atom. The van der Waals surface area contributed by atoms with E-state index in [0.29, 0.717) is 10.3 Å². The summed E-state index contributed by atoms with van der Waals surface area (Å²) in [5.74, 6) is 1.76. The molecule has 1 unspecified atom stereocenters. The monoisotopic (exact) mass is 297 g/mol. The number of hydrogen-bond donors (Lipinski definition) is 1. The van der Waals surface area contributed by atoms with Gasteiger partial charge in [-0.15, -0.1) is 0 Å². The third-order valence-corrected chi connectivity index (χ3v) is 3.40. The molecule has 1 N–H and O–H groups in total. The predicted octanol–water partition coefficient (Wildman–Crippen LogP) is 3.88. The highest BCUT2D eigenvalue weighted by atomic mass is 35.5. The molecule has 0 saturated carbocycles. The number of halogens is 1. The summed E-state index contributed by atoms with van der Waals surface area (Å²) in [5.41, 5.74) is 0. The first-order valence-corrected chi connectivity index (χ1v) is 7.65. The van der Waals surface area contributed by atoms with Gasteiger partial charge in [0.05, 0.1) is 6.26 Å². The van der Waals surface area contributed by atoms with Gasteiger partial charge in [-0.2, -0.15) is 0 Å². The lowest BCUT2D eigenvalue weighted by molar-refractivity contribution is 0.494. The number of thioether (sulfide) groups is 1. The van der Waals surface area contributed by atoms with Gasteiger partial charge < -0.3 is 9.73 Å². The molecule has 0 aliphatic rings. The van der Waals surface area contributed by atoms with Crippen molar-refractivity contribution in [1.29, 1.82) is 0 Å². The molecule has 0 bridgehead atoms. The molecule has 0 aliphatic carbocycles. The summed E-state index contributed by atoms with van der Waals surface area (Å²) < 4.78 is 5.31. The van der Waals surface area contributed by atoms with Gasteiger partial charge in [0.1, 0.15) is 16.7 Å². The van der Waals surface area contributed by atoms with E-state index in [4.69, 9.17) is 16.0 Å². The summed E-state index contributed by atoms with van der Waals surface area (Å²) in [4.78, 5) is 8.48. The van der Waals surface area contributed by atoms with Crippen LogP contribution < -0.4 is 5.32 Å². The van der Waals surface area contributed by atoms with Crippen molar-refractivity contribution < 1.29 is 4.42 Å². The van der Waals surface area contributed by atoms with Crippen LogP contribution in [0.5, 0.6) is 0 Å². The summed E-state index contributed by atoms with van der Waals surface area (Å²) in [5, 5.41) is 4.46. The van der Waals surface area contributed by atoms with Crippen molar-refractivity contribution in [2.24, 2.45) is 0 Å². The van der Waals surface area contributed by atoms with Crippen LogP contribution in [0, 0.1) is 0 Å². The molecule has 2 aromatic heterocycles. The highest BCUT2D eigenvalue weighted by Crippen LogP contribution is 2.18. The molecule has 102 valence electrons. The first-order chi connectivity index (χ1) is 9.17. The van der Waals surface area contributed by atoms with E-state index in [9.17, 15) is 0 Å². The van der Waals surface area contributed by atoms with Crippen molar-refractivity contribution in [1.82, 2.24) is 9.97 Å². The van der Waals surface area contributed by atoms with Crippen LogP contribution in [-0.4, -0.2) is 22.3 Å². The van der Waals surface area contributed by atoms with Crippen LogP contribution in [-0.2, 0) is 6.42 Å². The molecule has 1 atom stereocenters. The second-order valence-corrected chi connectivity index (χ2v) is 5.39. The predicted molar refractivity (Wildman–Crippen MR) is 78.9 cm³/mol. The standard InChI is InChI=1S/C13H16ClN3OS/c1-9(5-6-10-4-3-7-18-10)15-12-8-11(14)16-13(17-12)19-2/h3-4,7-9H,5-6H2,1-2H3,(H,15,16,17). The minimum atomic E-state index is 0.283. The van der Waals surface area contributed by atoms with Gasteiger partial charge in [0.15, 0.2) is 5.16 Å². The molecule has 4 nitrogen and oxygen atoms in total. The molecule has 2 aromatic rings. The van der Waals surface area contributed by atoms with E-state index in [1.807, 2.05) is 18.4 Å². The maximum absolute atomic E-state index is 5.95. The number of nitrogens with one attached hydrogen (secondary N) is 1. The fourth-order valence-electron chi connectivity index (χ4n) is 1.70. The van der Waals surface area contributed by atoms with Crippen LogP contribution >= 0.6 is 23.4 Å². The summed E-state index contributed by atoms with van der Waals surface area (Å²) in [6.07, 6.45) is 5.48. The highest BCUT2D eigenvalue weighted by Gasteiger charge is 2.07. The zero-order valence-corrected chi connectivity index (χ0v) is 12.5. The Morgan fingerprint density at radius 1 is 1.47 bits per heavy atom. The van der Waals surface area contributed by atoms with Crippen LogP contribution in [0.15, 0.2) is 34.0 Å². The number of rotatable bonds is 6. The van der Waals surface area contributed by atoms with Crippen molar-refractivity contribution in [3.8, 4) is 0 Å². The lowest BCUT2D eigenvalue weighted by Gasteiger charge is -2.14. The molecule has 6 heteroatoms. The molecule has 0 spiro atoms. The fourth-order valence-corrected chi connectivity index (χ4v) is 2.31. The number of furan rings is 1. The maximum atomic E-state index is 5.95. The van der Waals surface area contributed by atoms with Gasteiger partial charge in [0, 0.05) is 18.5 Å². The Kier molecular flexibility index (Phi) is 5.10. The zero-order valence-electron chi connectivity index (χ0n) is 10.9. The summed E-state index contributed by atoms with van der Waals surface area (Å²) in [6, 6.07) is 5.92. The van der Waals surface area contributed by atoms with Crippen molar-refractivity contribution in [2.75, 3.05) is 11.6 Å². The van der Waals surface area contributed by atoms with Gasteiger partial charge in [-0.25, -0.2) is 9.97 Å². The minimum Gasteiger partial charge on any atom is -0.469 e. The fraction of sp³-hybridized carbons (Fsp3) is 0.385. The minimum absolute atomic E-state index is 0.283. The second-order valence-electron chi connectivity index (χ2n) is 4.23. The van der Waals surface area contributed by atoms with E-state index in [-0.39, 0.29) is 6.04 Å². The number of aromatic nitrogens is 2. The van der Waals surface area contributed by atoms with Crippen molar-refractivity contribution >= 4 is 29.2 Å². The highest BCUT2D eigenvalue weighted by molar-refractivity contribution is 7.98. The Balaban J connectivity index is 1.91. The van der Waals surface area contributed by atoms with Gasteiger partial charge in [-0.1, -0.05) is 23.4 Å². The molecule has 0 radical (unpaired) electrons. The van der Waals surface area contributed by atoms with Crippen LogP contribution in [0.3, 0.4) is 0 Å². The second kappa shape index (κ2) is 6.82. The van der Waals surface area contributed by atoms with Crippen molar-refractivity contribution in [3.63, 3.8) is 0 Å². The van der Waals surface area contributed by atoms with E-state index in [2.05, 4.69) is 22.2 Å². The average molecular weight is 298 g/mol. The molecule has 0 aliphatic heterocycles. The number of anilines is 1. The average Bonchev–Trinajstić information content (AvgIpc) is 2.88. The van der Waals surface area contributed by atoms with E-state index < -0.39 is 0 Å². The van der Waals surface area contributed by atoms with Crippen molar-refractivity contribution in [3.05, 3.63) is 35.4 Å². The third kappa shape index (κ3) is 4.44. The van der Waals surface area contributed by atoms with Gasteiger partial charge >= 0.3 is 0 Å². The molecule has 0 aromatic carbocycles. The summed E-state index contributed by atoms with van der Waals surface area (Å²) in [6.45, 7) is 2.11. The molecule has 2 heterocycles. The number of hydrogen-bond acceptors (Lipinski definition) is 5. The van der Waals surface area contributed by atoms with E-state index in [1.54, 1.807) is 12.3 Å². The smallest absolute Gasteiger partial charge is 0.190 e. The van der Waals surface area contributed by atoms with Gasteiger partial charge in [-0.05, 0) is 31.7 Å².